The fourth-order valence-electron chi connectivity index (χ4n) is 3.76. The second-order valence-corrected chi connectivity index (χ2v) is 6.32. The van der Waals surface area contributed by atoms with Gasteiger partial charge in [-0.15, -0.1) is 0 Å². The molecule has 3 rings (SSSR count). The zero-order valence-corrected chi connectivity index (χ0v) is 12.4. The minimum absolute atomic E-state index is 0.376. The molecule has 1 aromatic rings. The third kappa shape index (κ3) is 2.33. The predicted octanol–water partition coefficient (Wildman–Crippen LogP) is 2.29. The van der Waals surface area contributed by atoms with Crippen LogP contribution in [-0.2, 0) is 18.4 Å². The van der Waals surface area contributed by atoms with E-state index in [2.05, 4.69) is 9.88 Å². The summed E-state index contributed by atoms with van der Waals surface area (Å²) in [6, 6.07) is 0.0129. The lowest BCUT2D eigenvalue weighted by Gasteiger charge is -2.32. The van der Waals surface area contributed by atoms with Gasteiger partial charge in [0.1, 0.15) is 17.0 Å². The number of aromatic nitrogens is 2. The zero-order chi connectivity index (χ0) is 14.3. The van der Waals surface area contributed by atoms with Crippen LogP contribution < -0.4 is 0 Å². The Morgan fingerprint density at radius 1 is 1.50 bits per heavy atom. The standard InChI is InChI=1S/C14H20ClN3O2/c1-17-12(15)7-16-13(17)8-18-10-5-3-2-4-9(10)6-11(18)14(19)20/h7,9-11H,2-6,8H2,1H3,(H,19,20)/t9-,10+,11+/m1/s1. The number of carboxylic acids is 1. The van der Waals surface area contributed by atoms with Gasteiger partial charge in [0, 0.05) is 13.1 Å². The fraction of sp³-hybridized carbons (Fsp3) is 0.714. The summed E-state index contributed by atoms with van der Waals surface area (Å²) in [5.74, 6) is 0.660. The number of hydrogen-bond acceptors (Lipinski definition) is 3. The Morgan fingerprint density at radius 3 is 2.90 bits per heavy atom. The molecule has 0 amide bonds. The SMILES string of the molecule is Cn1c(Cl)cnc1CN1[C@H](C(=O)O)C[C@H]2CCCC[C@@H]21. The van der Waals surface area contributed by atoms with Gasteiger partial charge in [-0.1, -0.05) is 24.4 Å². The molecule has 2 aliphatic rings. The summed E-state index contributed by atoms with van der Waals surface area (Å²) >= 11 is 6.02. The maximum atomic E-state index is 11.5. The second-order valence-electron chi connectivity index (χ2n) is 5.93. The molecule has 0 aromatic carbocycles. The summed E-state index contributed by atoms with van der Waals surface area (Å²) in [6.07, 6.45) is 7.10. The number of hydrogen-bond donors (Lipinski definition) is 1. The highest BCUT2D eigenvalue weighted by Crippen LogP contribution is 2.40. The molecule has 1 aliphatic heterocycles. The molecule has 0 unspecified atom stereocenters. The van der Waals surface area contributed by atoms with E-state index >= 15 is 0 Å². The molecular weight excluding hydrogens is 278 g/mol. The first-order valence-corrected chi connectivity index (χ1v) is 7.60. The van der Waals surface area contributed by atoms with Gasteiger partial charge in [-0.05, 0) is 25.2 Å². The van der Waals surface area contributed by atoms with Gasteiger partial charge in [-0.3, -0.25) is 9.69 Å². The smallest absolute Gasteiger partial charge is 0.320 e. The van der Waals surface area contributed by atoms with Crippen LogP contribution in [0.15, 0.2) is 6.20 Å². The summed E-state index contributed by atoms with van der Waals surface area (Å²) in [5.41, 5.74) is 0. The second kappa shape index (κ2) is 5.37. The lowest BCUT2D eigenvalue weighted by atomic mass is 9.85. The Balaban J connectivity index is 1.84. The van der Waals surface area contributed by atoms with Crippen LogP contribution in [0.2, 0.25) is 5.15 Å². The molecule has 2 fully saturated rings. The molecule has 110 valence electrons. The number of carbonyl (C=O) groups is 1. The van der Waals surface area contributed by atoms with E-state index in [1.165, 1.54) is 12.8 Å². The van der Waals surface area contributed by atoms with E-state index in [0.717, 1.165) is 25.1 Å². The molecule has 1 N–H and O–H groups in total. The van der Waals surface area contributed by atoms with Crippen molar-refractivity contribution in [1.82, 2.24) is 14.5 Å². The molecule has 0 bridgehead atoms. The Hall–Kier alpha value is -1.07. The van der Waals surface area contributed by atoms with Crippen LogP contribution in [0.4, 0.5) is 0 Å². The molecule has 1 aliphatic carbocycles. The molecular formula is C14H20ClN3O2. The van der Waals surface area contributed by atoms with E-state index in [0.29, 0.717) is 23.7 Å². The van der Waals surface area contributed by atoms with Crippen molar-refractivity contribution in [3.05, 3.63) is 17.2 Å². The average Bonchev–Trinajstić information content (AvgIpc) is 2.95. The fourth-order valence-corrected chi connectivity index (χ4v) is 3.90. The van der Waals surface area contributed by atoms with Gasteiger partial charge in [-0.25, -0.2) is 4.98 Å². The monoisotopic (exact) mass is 297 g/mol. The summed E-state index contributed by atoms with van der Waals surface area (Å²) in [6.45, 7) is 0.571. The van der Waals surface area contributed by atoms with Crippen molar-refractivity contribution >= 4 is 17.6 Å². The van der Waals surface area contributed by atoms with Gasteiger partial charge >= 0.3 is 5.97 Å². The van der Waals surface area contributed by atoms with E-state index in [-0.39, 0.29) is 6.04 Å². The molecule has 3 atom stereocenters. The van der Waals surface area contributed by atoms with Gasteiger partial charge in [0.25, 0.3) is 0 Å². The van der Waals surface area contributed by atoms with Crippen LogP contribution in [0.5, 0.6) is 0 Å². The Kier molecular flexibility index (Phi) is 3.73. The van der Waals surface area contributed by atoms with Gasteiger partial charge < -0.3 is 9.67 Å². The third-order valence-electron chi connectivity index (χ3n) is 4.86. The lowest BCUT2D eigenvalue weighted by Crippen LogP contribution is -2.42. The van der Waals surface area contributed by atoms with E-state index in [4.69, 9.17) is 11.6 Å². The molecule has 1 aromatic heterocycles. The maximum Gasteiger partial charge on any atom is 0.320 e. The Bertz CT molecular complexity index is 517. The normalized spacial score (nSPS) is 30.4. The van der Waals surface area contributed by atoms with E-state index in [9.17, 15) is 9.90 Å². The van der Waals surface area contributed by atoms with Gasteiger partial charge in [0.2, 0.25) is 0 Å². The molecule has 1 saturated carbocycles. The largest absolute Gasteiger partial charge is 0.480 e. The molecule has 0 spiro atoms. The van der Waals surface area contributed by atoms with Crippen LogP contribution in [0.3, 0.4) is 0 Å². The van der Waals surface area contributed by atoms with Crippen LogP contribution in [0.25, 0.3) is 0 Å². The topological polar surface area (TPSA) is 58.4 Å². The van der Waals surface area contributed by atoms with Crippen LogP contribution in [0.1, 0.15) is 37.9 Å². The number of fused-ring (bicyclic) bond motifs is 1. The van der Waals surface area contributed by atoms with E-state index in [1.54, 1.807) is 6.20 Å². The minimum atomic E-state index is -0.709. The maximum absolute atomic E-state index is 11.5. The number of rotatable bonds is 3. The van der Waals surface area contributed by atoms with Gasteiger partial charge in [0.05, 0.1) is 12.7 Å². The first-order chi connectivity index (χ1) is 9.58. The van der Waals surface area contributed by atoms with Crippen molar-refractivity contribution in [3.8, 4) is 0 Å². The number of nitrogens with zero attached hydrogens (tertiary/aromatic N) is 3. The lowest BCUT2D eigenvalue weighted by molar-refractivity contribution is -0.143. The van der Waals surface area contributed by atoms with Crippen molar-refractivity contribution in [3.63, 3.8) is 0 Å². The van der Waals surface area contributed by atoms with Crippen molar-refractivity contribution < 1.29 is 9.90 Å². The highest BCUT2D eigenvalue weighted by molar-refractivity contribution is 6.29. The molecule has 20 heavy (non-hydrogen) atoms. The number of carboxylic acid groups (broad SMARTS) is 1. The first kappa shape index (κ1) is 13.9. The Labute approximate surface area is 123 Å². The van der Waals surface area contributed by atoms with Crippen LogP contribution in [0, 0.1) is 5.92 Å². The predicted molar refractivity (Wildman–Crippen MR) is 75.5 cm³/mol. The van der Waals surface area contributed by atoms with Crippen LogP contribution >= 0.6 is 11.6 Å². The number of imidazole rings is 1. The van der Waals surface area contributed by atoms with Crippen molar-refractivity contribution in [1.29, 1.82) is 0 Å². The van der Waals surface area contributed by atoms with E-state index < -0.39 is 5.97 Å². The number of halogens is 1. The molecule has 1 saturated heterocycles. The molecule has 5 nitrogen and oxygen atoms in total. The summed E-state index contributed by atoms with van der Waals surface area (Å²) in [7, 11) is 1.87. The Morgan fingerprint density at radius 2 is 2.25 bits per heavy atom. The number of aliphatic carboxylic acids is 1. The van der Waals surface area contributed by atoms with Crippen molar-refractivity contribution in [2.24, 2.45) is 13.0 Å². The summed E-state index contributed by atoms with van der Waals surface area (Å²) < 4.78 is 1.83. The summed E-state index contributed by atoms with van der Waals surface area (Å²) in [4.78, 5) is 18.0. The third-order valence-corrected chi connectivity index (χ3v) is 5.21. The van der Waals surface area contributed by atoms with Gasteiger partial charge in [-0.2, -0.15) is 0 Å². The average molecular weight is 298 g/mol. The molecule has 2 heterocycles. The van der Waals surface area contributed by atoms with Crippen molar-refractivity contribution in [2.45, 2.75) is 50.7 Å². The quantitative estimate of drug-likeness (QED) is 0.930. The first-order valence-electron chi connectivity index (χ1n) is 7.22. The number of likely N-dealkylation sites (tertiary alicyclic amines) is 1. The van der Waals surface area contributed by atoms with Gasteiger partial charge in [0.15, 0.2) is 0 Å². The van der Waals surface area contributed by atoms with Crippen LogP contribution in [-0.4, -0.2) is 37.6 Å². The highest BCUT2D eigenvalue weighted by Gasteiger charge is 2.45. The summed E-state index contributed by atoms with van der Waals surface area (Å²) in [5, 5.41) is 10.1. The molecule has 0 radical (unpaired) electrons. The van der Waals surface area contributed by atoms with Crippen molar-refractivity contribution in [2.75, 3.05) is 0 Å². The highest BCUT2D eigenvalue weighted by atomic mass is 35.5. The minimum Gasteiger partial charge on any atom is -0.480 e. The van der Waals surface area contributed by atoms with E-state index in [1.807, 2.05) is 11.6 Å². The zero-order valence-electron chi connectivity index (χ0n) is 11.6. The molecule has 6 heteroatoms.